The SMILES string of the molecule is C=C(NNC(=O)/C=C/c1ccc(C)o1)c1cc2ccccc2cc1O. The van der Waals surface area contributed by atoms with E-state index in [0.29, 0.717) is 17.0 Å². The molecule has 1 amide bonds. The number of aryl methyl sites for hydroxylation is 1. The van der Waals surface area contributed by atoms with Gasteiger partial charge in [-0.05, 0) is 48.0 Å². The van der Waals surface area contributed by atoms with Gasteiger partial charge in [0.25, 0.3) is 5.91 Å². The third kappa shape index (κ3) is 3.90. The van der Waals surface area contributed by atoms with Crippen molar-refractivity contribution in [2.45, 2.75) is 6.92 Å². The molecule has 0 bridgehead atoms. The molecule has 25 heavy (non-hydrogen) atoms. The molecule has 0 atom stereocenters. The van der Waals surface area contributed by atoms with E-state index < -0.39 is 0 Å². The van der Waals surface area contributed by atoms with Crippen LogP contribution in [0.3, 0.4) is 0 Å². The van der Waals surface area contributed by atoms with Crippen molar-refractivity contribution in [3.05, 3.63) is 78.3 Å². The number of benzene rings is 2. The summed E-state index contributed by atoms with van der Waals surface area (Å²) in [4.78, 5) is 11.9. The maximum Gasteiger partial charge on any atom is 0.262 e. The Morgan fingerprint density at radius 1 is 1.12 bits per heavy atom. The normalized spacial score (nSPS) is 10.9. The van der Waals surface area contributed by atoms with Crippen LogP contribution in [0.15, 0.2) is 65.6 Å². The number of nitrogens with one attached hydrogen (secondary N) is 2. The lowest BCUT2D eigenvalue weighted by Crippen LogP contribution is -2.34. The average molecular weight is 334 g/mol. The van der Waals surface area contributed by atoms with Crippen molar-refractivity contribution in [2.75, 3.05) is 0 Å². The number of furan rings is 1. The minimum atomic E-state index is -0.365. The zero-order valence-electron chi connectivity index (χ0n) is 13.7. The molecule has 0 aliphatic carbocycles. The number of hydrogen-bond donors (Lipinski definition) is 3. The summed E-state index contributed by atoms with van der Waals surface area (Å²) in [6.07, 6.45) is 2.92. The highest BCUT2D eigenvalue weighted by molar-refractivity contribution is 5.92. The van der Waals surface area contributed by atoms with Gasteiger partial charge in [0.05, 0.1) is 5.70 Å². The lowest BCUT2D eigenvalue weighted by molar-refractivity contribution is -0.117. The Bertz CT molecular complexity index is 970. The lowest BCUT2D eigenvalue weighted by atomic mass is 10.0. The van der Waals surface area contributed by atoms with Crippen LogP contribution in [0.25, 0.3) is 22.5 Å². The summed E-state index contributed by atoms with van der Waals surface area (Å²) in [5.74, 6) is 1.10. The van der Waals surface area contributed by atoms with Gasteiger partial charge in [-0.3, -0.25) is 15.6 Å². The Balaban J connectivity index is 1.65. The molecule has 0 unspecified atom stereocenters. The van der Waals surface area contributed by atoms with Gasteiger partial charge in [-0.1, -0.05) is 30.8 Å². The van der Waals surface area contributed by atoms with Crippen LogP contribution in [0.2, 0.25) is 0 Å². The quantitative estimate of drug-likeness (QED) is 0.491. The highest BCUT2D eigenvalue weighted by atomic mass is 16.3. The molecule has 0 aliphatic rings. The van der Waals surface area contributed by atoms with Crippen LogP contribution in [0.1, 0.15) is 17.1 Å². The van der Waals surface area contributed by atoms with Crippen LogP contribution in [0.5, 0.6) is 5.75 Å². The number of hydrazine groups is 1. The maximum absolute atomic E-state index is 11.9. The number of amides is 1. The Hall–Kier alpha value is -3.47. The second-order valence-electron chi connectivity index (χ2n) is 5.59. The van der Waals surface area contributed by atoms with E-state index in [-0.39, 0.29) is 11.7 Å². The van der Waals surface area contributed by atoms with Gasteiger partial charge in [0.2, 0.25) is 0 Å². The topological polar surface area (TPSA) is 74.5 Å². The predicted octanol–water partition coefficient (Wildman–Crippen LogP) is 3.75. The number of rotatable bonds is 5. The number of carbonyl (C=O) groups excluding carboxylic acids is 1. The van der Waals surface area contributed by atoms with E-state index in [1.165, 1.54) is 6.08 Å². The fourth-order valence-electron chi connectivity index (χ4n) is 2.42. The van der Waals surface area contributed by atoms with Crippen LogP contribution in [0.4, 0.5) is 0 Å². The first-order valence-corrected chi connectivity index (χ1v) is 7.74. The molecule has 0 aliphatic heterocycles. The van der Waals surface area contributed by atoms with Gasteiger partial charge in [0, 0.05) is 11.6 Å². The number of phenols is 1. The molecule has 0 radical (unpaired) electrons. The summed E-state index contributed by atoms with van der Waals surface area (Å²) in [5, 5.41) is 12.1. The number of fused-ring (bicyclic) bond motifs is 1. The second-order valence-corrected chi connectivity index (χ2v) is 5.59. The van der Waals surface area contributed by atoms with Crippen LogP contribution < -0.4 is 10.9 Å². The first-order chi connectivity index (χ1) is 12.0. The van der Waals surface area contributed by atoms with E-state index in [0.717, 1.165) is 16.5 Å². The van der Waals surface area contributed by atoms with Gasteiger partial charge >= 0.3 is 0 Å². The smallest absolute Gasteiger partial charge is 0.262 e. The van der Waals surface area contributed by atoms with Crippen LogP contribution >= 0.6 is 0 Å². The molecule has 0 saturated carbocycles. The predicted molar refractivity (Wildman–Crippen MR) is 98.4 cm³/mol. The van der Waals surface area contributed by atoms with Gasteiger partial charge in [0.1, 0.15) is 17.3 Å². The van der Waals surface area contributed by atoms with Crippen molar-refractivity contribution in [1.82, 2.24) is 10.9 Å². The molecular formula is C20H18N2O3. The third-order valence-corrected chi connectivity index (χ3v) is 3.69. The molecule has 1 heterocycles. The van der Waals surface area contributed by atoms with Crippen molar-refractivity contribution in [3.8, 4) is 5.75 Å². The number of carbonyl (C=O) groups is 1. The monoisotopic (exact) mass is 334 g/mol. The van der Waals surface area contributed by atoms with Crippen LogP contribution in [-0.2, 0) is 4.79 Å². The molecule has 2 aromatic carbocycles. The average Bonchev–Trinajstić information content (AvgIpc) is 3.02. The molecule has 126 valence electrons. The molecule has 0 saturated heterocycles. The lowest BCUT2D eigenvalue weighted by Gasteiger charge is -2.12. The molecule has 3 rings (SSSR count). The van der Waals surface area contributed by atoms with Gasteiger partial charge in [-0.25, -0.2) is 0 Å². The molecule has 0 fully saturated rings. The summed E-state index contributed by atoms with van der Waals surface area (Å²) in [7, 11) is 0. The van der Waals surface area contributed by atoms with Crippen LogP contribution in [0, 0.1) is 6.92 Å². The van der Waals surface area contributed by atoms with E-state index >= 15 is 0 Å². The molecule has 3 aromatic rings. The first kappa shape index (κ1) is 16.4. The zero-order chi connectivity index (χ0) is 17.8. The van der Waals surface area contributed by atoms with Crippen molar-refractivity contribution >= 4 is 28.5 Å². The van der Waals surface area contributed by atoms with Crippen LogP contribution in [-0.4, -0.2) is 11.0 Å². The summed E-state index contributed by atoms with van der Waals surface area (Å²) < 4.78 is 5.35. The van der Waals surface area contributed by atoms with Crippen molar-refractivity contribution in [3.63, 3.8) is 0 Å². The first-order valence-electron chi connectivity index (χ1n) is 7.74. The summed E-state index contributed by atoms with van der Waals surface area (Å²) in [6.45, 7) is 5.69. The number of aromatic hydroxyl groups is 1. The highest BCUT2D eigenvalue weighted by Crippen LogP contribution is 2.28. The molecule has 5 heteroatoms. The van der Waals surface area contributed by atoms with E-state index in [1.54, 1.807) is 18.2 Å². The Kier molecular flexibility index (Phi) is 4.57. The van der Waals surface area contributed by atoms with E-state index in [1.807, 2.05) is 43.3 Å². The second kappa shape index (κ2) is 6.97. The molecule has 0 spiro atoms. The maximum atomic E-state index is 11.9. The molecule has 1 aromatic heterocycles. The summed E-state index contributed by atoms with van der Waals surface area (Å²) in [5.41, 5.74) is 6.12. The molecule has 3 N–H and O–H groups in total. The standard InChI is InChI=1S/C20H18N2O3/c1-13-7-8-17(25-13)9-10-20(24)22-21-14(2)18-11-15-5-3-4-6-16(15)12-19(18)23/h3-12,21,23H,2H2,1H3,(H,22,24)/b10-9+. The van der Waals surface area contributed by atoms with Gasteiger partial charge in [-0.2, -0.15) is 0 Å². The molecular weight excluding hydrogens is 316 g/mol. The van der Waals surface area contributed by atoms with Crippen molar-refractivity contribution < 1.29 is 14.3 Å². The Morgan fingerprint density at radius 2 is 1.84 bits per heavy atom. The van der Waals surface area contributed by atoms with E-state index in [4.69, 9.17) is 4.42 Å². The highest BCUT2D eigenvalue weighted by Gasteiger charge is 2.08. The van der Waals surface area contributed by atoms with Crippen molar-refractivity contribution in [2.24, 2.45) is 0 Å². The van der Waals surface area contributed by atoms with E-state index in [2.05, 4.69) is 17.4 Å². The van der Waals surface area contributed by atoms with Gasteiger partial charge < -0.3 is 9.52 Å². The van der Waals surface area contributed by atoms with E-state index in [9.17, 15) is 9.90 Å². The molecule has 5 nitrogen and oxygen atoms in total. The minimum absolute atomic E-state index is 0.0899. The van der Waals surface area contributed by atoms with Crippen molar-refractivity contribution in [1.29, 1.82) is 0 Å². The zero-order valence-corrected chi connectivity index (χ0v) is 13.7. The Labute approximate surface area is 145 Å². The fraction of sp³-hybridized carbons (Fsp3) is 0.0500. The number of phenolic OH excluding ortho intramolecular Hbond substituents is 1. The number of hydrogen-bond acceptors (Lipinski definition) is 4. The van der Waals surface area contributed by atoms with Gasteiger partial charge in [0.15, 0.2) is 0 Å². The third-order valence-electron chi connectivity index (χ3n) is 3.69. The summed E-state index contributed by atoms with van der Waals surface area (Å²) in [6, 6.07) is 14.8. The van der Waals surface area contributed by atoms with Gasteiger partial charge in [-0.15, -0.1) is 0 Å². The minimum Gasteiger partial charge on any atom is -0.507 e. The largest absolute Gasteiger partial charge is 0.507 e. The summed E-state index contributed by atoms with van der Waals surface area (Å²) >= 11 is 0. The fourth-order valence-corrected chi connectivity index (χ4v) is 2.42. The Morgan fingerprint density at radius 3 is 2.52 bits per heavy atom.